The van der Waals surface area contributed by atoms with Gasteiger partial charge >= 0.3 is 10.4 Å². The van der Waals surface area contributed by atoms with Crippen molar-refractivity contribution in [3.8, 4) is 12.1 Å². The summed E-state index contributed by atoms with van der Waals surface area (Å²) in [6.45, 7) is -0.462. The van der Waals surface area contributed by atoms with Crippen LogP contribution in [0.25, 0.3) is 0 Å². The molecule has 0 aliphatic heterocycles. The molecule has 0 N–H and O–H groups in total. The van der Waals surface area contributed by atoms with Crippen LogP contribution in [0.5, 0.6) is 0 Å². The van der Waals surface area contributed by atoms with E-state index in [1.54, 1.807) is 12.1 Å². The van der Waals surface area contributed by atoms with Crippen LogP contribution >= 0.6 is 0 Å². The average Bonchev–Trinajstić information content (AvgIpc) is 2.05. The van der Waals surface area contributed by atoms with E-state index in [0.717, 1.165) is 0 Å². The average molecular weight is 204 g/mol. The Bertz CT molecular complexity index is 285. The molecule has 0 heterocycles. The van der Waals surface area contributed by atoms with Crippen LogP contribution in [0, 0.1) is 22.7 Å². The smallest absolute Gasteiger partial charge is 0.247 e. The Kier molecular flexibility index (Phi) is 5.81. The molecule has 0 aromatic heterocycles. The lowest BCUT2D eigenvalue weighted by Crippen LogP contribution is -2.11. The minimum Gasteiger partial charge on any atom is -0.247 e. The van der Waals surface area contributed by atoms with Crippen LogP contribution in [-0.4, -0.2) is 21.6 Å². The zero-order valence-electron chi connectivity index (χ0n) is 6.76. The molecule has 7 heteroatoms. The summed E-state index contributed by atoms with van der Waals surface area (Å²) < 4.78 is 29.9. The molecule has 0 saturated carbocycles. The van der Waals surface area contributed by atoms with Gasteiger partial charge in [0.2, 0.25) is 0 Å². The number of rotatable bonds is 6. The molecule has 13 heavy (non-hydrogen) atoms. The second kappa shape index (κ2) is 6.38. The third-order valence-electron chi connectivity index (χ3n) is 0.883. The Balaban J connectivity index is 3.71. The highest BCUT2D eigenvalue weighted by molar-refractivity contribution is 7.81. The molecule has 0 aromatic carbocycles. The fourth-order valence-electron chi connectivity index (χ4n) is 0.413. The summed E-state index contributed by atoms with van der Waals surface area (Å²) in [5, 5.41) is 16.1. The lowest BCUT2D eigenvalue weighted by molar-refractivity contribution is 0.221. The van der Waals surface area contributed by atoms with Gasteiger partial charge < -0.3 is 0 Å². The van der Waals surface area contributed by atoms with E-state index in [-0.39, 0.29) is 26.1 Å². The SMILES string of the molecule is N#CCCOS(=O)(=O)OCCC#N. The van der Waals surface area contributed by atoms with Gasteiger partial charge in [0.15, 0.2) is 0 Å². The topological polar surface area (TPSA) is 100 Å². The van der Waals surface area contributed by atoms with Crippen LogP contribution in [0.3, 0.4) is 0 Å². The van der Waals surface area contributed by atoms with E-state index < -0.39 is 10.4 Å². The maximum Gasteiger partial charge on any atom is 0.399 e. The molecular formula is C6H8N2O4S. The molecule has 0 bridgehead atoms. The number of hydrogen-bond acceptors (Lipinski definition) is 6. The van der Waals surface area contributed by atoms with Crippen molar-refractivity contribution < 1.29 is 16.8 Å². The highest BCUT2D eigenvalue weighted by Crippen LogP contribution is 1.97. The van der Waals surface area contributed by atoms with Gasteiger partial charge in [-0.3, -0.25) is 0 Å². The molecule has 0 spiro atoms. The maximum absolute atomic E-state index is 10.7. The van der Waals surface area contributed by atoms with E-state index in [0.29, 0.717) is 0 Å². The first-order valence-corrected chi connectivity index (χ1v) is 4.73. The molecule has 0 rings (SSSR count). The maximum atomic E-state index is 10.7. The molecule has 0 saturated heterocycles. The molecule has 0 unspecified atom stereocenters. The van der Waals surface area contributed by atoms with Gasteiger partial charge in [0.1, 0.15) is 0 Å². The number of nitriles is 2. The predicted molar refractivity (Wildman–Crippen MR) is 41.3 cm³/mol. The number of hydrogen-bond donors (Lipinski definition) is 0. The first-order chi connectivity index (χ1) is 6.12. The van der Waals surface area contributed by atoms with Crippen LogP contribution in [0.2, 0.25) is 0 Å². The summed E-state index contributed by atoms with van der Waals surface area (Å²) in [6.07, 6.45) is -0.0539. The van der Waals surface area contributed by atoms with E-state index in [4.69, 9.17) is 10.5 Å². The minimum atomic E-state index is -4.03. The Morgan fingerprint density at radius 1 is 1.00 bits per heavy atom. The van der Waals surface area contributed by atoms with Crippen molar-refractivity contribution in [2.45, 2.75) is 12.8 Å². The lowest BCUT2D eigenvalue weighted by Gasteiger charge is -2.01. The third-order valence-corrected chi connectivity index (χ3v) is 1.79. The Morgan fingerprint density at radius 3 is 1.69 bits per heavy atom. The zero-order chi connectivity index (χ0) is 10.2. The largest absolute Gasteiger partial charge is 0.399 e. The van der Waals surface area contributed by atoms with Gasteiger partial charge in [-0.25, -0.2) is 8.37 Å². The van der Waals surface area contributed by atoms with Crippen molar-refractivity contribution in [3.05, 3.63) is 0 Å². The van der Waals surface area contributed by atoms with E-state index in [9.17, 15) is 8.42 Å². The number of nitrogens with zero attached hydrogens (tertiary/aromatic N) is 2. The molecule has 0 aliphatic rings. The molecule has 0 radical (unpaired) electrons. The standard InChI is InChI=1S/C6H8N2O4S/c7-3-1-5-11-13(9,10)12-6-2-4-8/h1-2,5-6H2. The molecule has 0 fully saturated rings. The highest BCUT2D eigenvalue weighted by Gasteiger charge is 2.10. The normalized spacial score (nSPS) is 10.3. The van der Waals surface area contributed by atoms with Gasteiger partial charge in [-0.15, -0.1) is 0 Å². The summed E-state index contributed by atoms with van der Waals surface area (Å²) in [4.78, 5) is 0. The fourth-order valence-corrected chi connectivity index (χ4v) is 1.06. The zero-order valence-corrected chi connectivity index (χ0v) is 7.58. The van der Waals surface area contributed by atoms with E-state index in [1.807, 2.05) is 0 Å². The second-order valence-corrected chi connectivity index (χ2v) is 3.16. The first kappa shape index (κ1) is 11.8. The van der Waals surface area contributed by atoms with Crippen LogP contribution in [0.15, 0.2) is 0 Å². The van der Waals surface area contributed by atoms with Crippen molar-refractivity contribution in [3.63, 3.8) is 0 Å². The van der Waals surface area contributed by atoms with Gasteiger partial charge in [0.05, 0.1) is 38.2 Å². The third kappa shape index (κ3) is 7.22. The van der Waals surface area contributed by atoms with Gasteiger partial charge in [0.25, 0.3) is 0 Å². The van der Waals surface area contributed by atoms with E-state index in [2.05, 4.69) is 8.37 Å². The molecule has 72 valence electrons. The van der Waals surface area contributed by atoms with E-state index >= 15 is 0 Å². The molecule has 0 aliphatic carbocycles. The lowest BCUT2D eigenvalue weighted by atomic mass is 10.5. The van der Waals surface area contributed by atoms with Crippen LogP contribution in [0.1, 0.15) is 12.8 Å². The summed E-state index contributed by atoms with van der Waals surface area (Å²) in [7, 11) is -4.03. The highest BCUT2D eigenvalue weighted by atomic mass is 32.3. The van der Waals surface area contributed by atoms with Crippen LogP contribution in [0.4, 0.5) is 0 Å². The second-order valence-electron chi connectivity index (χ2n) is 1.87. The first-order valence-electron chi connectivity index (χ1n) is 3.40. The van der Waals surface area contributed by atoms with Gasteiger partial charge in [0, 0.05) is 0 Å². The Morgan fingerprint density at radius 2 is 1.38 bits per heavy atom. The van der Waals surface area contributed by atoms with Gasteiger partial charge in [-0.1, -0.05) is 0 Å². The minimum absolute atomic E-state index is 0.0269. The summed E-state index contributed by atoms with van der Waals surface area (Å²) >= 11 is 0. The van der Waals surface area contributed by atoms with Gasteiger partial charge in [-0.2, -0.15) is 18.9 Å². The summed E-state index contributed by atoms with van der Waals surface area (Å²) in [5.41, 5.74) is 0. The Labute approximate surface area is 76.6 Å². The Hall–Kier alpha value is -1.15. The quantitative estimate of drug-likeness (QED) is 0.568. The van der Waals surface area contributed by atoms with Crippen LogP contribution < -0.4 is 0 Å². The molecule has 0 amide bonds. The van der Waals surface area contributed by atoms with Gasteiger partial charge in [-0.05, 0) is 0 Å². The predicted octanol–water partition coefficient (Wildman–Crippen LogP) is 0.0918. The van der Waals surface area contributed by atoms with Crippen molar-refractivity contribution in [1.29, 1.82) is 10.5 Å². The molecule has 0 aromatic rings. The fraction of sp³-hybridized carbons (Fsp3) is 0.667. The molecule has 6 nitrogen and oxygen atoms in total. The molecular weight excluding hydrogens is 196 g/mol. The van der Waals surface area contributed by atoms with E-state index in [1.165, 1.54) is 0 Å². The summed E-state index contributed by atoms with van der Waals surface area (Å²) in [5.74, 6) is 0. The van der Waals surface area contributed by atoms with Crippen LogP contribution in [-0.2, 0) is 18.8 Å². The summed E-state index contributed by atoms with van der Waals surface area (Å²) in [6, 6.07) is 3.42. The van der Waals surface area contributed by atoms with Crippen molar-refractivity contribution in [2.24, 2.45) is 0 Å². The monoisotopic (exact) mass is 204 g/mol. The van der Waals surface area contributed by atoms with Crippen molar-refractivity contribution in [1.82, 2.24) is 0 Å². The molecule has 0 atom stereocenters. The van der Waals surface area contributed by atoms with Crippen molar-refractivity contribution >= 4 is 10.4 Å². The van der Waals surface area contributed by atoms with Crippen molar-refractivity contribution in [2.75, 3.05) is 13.2 Å².